The summed E-state index contributed by atoms with van der Waals surface area (Å²) in [5.41, 5.74) is 1.51. The highest BCUT2D eigenvalue weighted by molar-refractivity contribution is 5.96. The van der Waals surface area contributed by atoms with Crippen LogP contribution in [0.1, 0.15) is 51.5 Å². The SMILES string of the molecule is Cc1cc(O)ccc1NC(=O)C1(CC(C)C)CCCC1. The standard InChI is InChI=1S/C17H25NO2/c1-12(2)11-17(8-4-5-9-17)16(20)18-15-7-6-14(19)10-13(15)3/h6-7,10,12,19H,4-5,8-9,11H2,1-3H3,(H,18,20). The predicted octanol–water partition coefficient (Wildman–Crippen LogP) is 4.25. The summed E-state index contributed by atoms with van der Waals surface area (Å²) < 4.78 is 0. The summed E-state index contributed by atoms with van der Waals surface area (Å²) in [5.74, 6) is 0.913. The molecule has 1 fully saturated rings. The van der Waals surface area contributed by atoms with Crippen LogP contribution in [-0.2, 0) is 4.79 Å². The molecule has 1 aromatic rings. The fourth-order valence-corrected chi connectivity index (χ4v) is 3.40. The first-order valence-corrected chi connectivity index (χ1v) is 7.54. The van der Waals surface area contributed by atoms with Gasteiger partial charge in [-0.05, 0) is 55.9 Å². The van der Waals surface area contributed by atoms with Crippen molar-refractivity contribution in [1.82, 2.24) is 0 Å². The van der Waals surface area contributed by atoms with Gasteiger partial charge in [0.15, 0.2) is 0 Å². The summed E-state index contributed by atoms with van der Waals surface area (Å²) in [5, 5.41) is 12.5. The van der Waals surface area contributed by atoms with E-state index in [9.17, 15) is 9.90 Å². The average Bonchev–Trinajstić information content (AvgIpc) is 2.81. The van der Waals surface area contributed by atoms with Gasteiger partial charge in [0.05, 0.1) is 0 Å². The zero-order valence-electron chi connectivity index (χ0n) is 12.7. The van der Waals surface area contributed by atoms with Crippen molar-refractivity contribution in [2.45, 2.75) is 52.9 Å². The zero-order valence-corrected chi connectivity index (χ0v) is 12.7. The Balaban J connectivity index is 2.16. The van der Waals surface area contributed by atoms with Gasteiger partial charge < -0.3 is 10.4 Å². The Morgan fingerprint density at radius 1 is 1.35 bits per heavy atom. The summed E-state index contributed by atoms with van der Waals surface area (Å²) in [4.78, 5) is 12.7. The molecular formula is C17H25NO2. The van der Waals surface area contributed by atoms with Gasteiger partial charge in [0.1, 0.15) is 5.75 Å². The van der Waals surface area contributed by atoms with E-state index in [1.165, 1.54) is 0 Å². The molecule has 110 valence electrons. The van der Waals surface area contributed by atoms with Crippen molar-refractivity contribution >= 4 is 11.6 Å². The number of carbonyl (C=O) groups is 1. The van der Waals surface area contributed by atoms with Crippen molar-refractivity contribution in [1.29, 1.82) is 0 Å². The van der Waals surface area contributed by atoms with Gasteiger partial charge in [0.25, 0.3) is 0 Å². The van der Waals surface area contributed by atoms with Gasteiger partial charge in [0, 0.05) is 11.1 Å². The first-order valence-electron chi connectivity index (χ1n) is 7.54. The molecule has 3 heteroatoms. The summed E-state index contributed by atoms with van der Waals surface area (Å²) in [7, 11) is 0. The summed E-state index contributed by atoms with van der Waals surface area (Å²) in [6, 6.07) is 5.08. The van der Waals surface area contributed by atoms with Crippen LogP contribution in [-0.4, -0.2) is 11.0 Å². The van der Waals surface area contributed by atoms with Crippen molar-refractivity contribution in [3.05, 3.63) is 23.8 Å². The van der Waals surface area contributed by atoms with E-state index in [-0.39, 0.29) is 17.1 Å². The monoisotopic (exact) mass is 275 g/mol. The van der Waals surface area contributed by atoms with Gasteiger partial charge in [0.2, 0.25) is 5.91 Å². The van der Waals surface area contributed by atoms with Crippen LogP contribution in [0.4, 0.5) is 5.69 Å². The lowest BCUT2D eigenvalue weighted by molar-refractivity contribution is -0.126. The predicted molar refractivity (Wildman–Crippen MR) is 81.8 cm³/mol. The Morgan fingerprint density at radius 2 is 2.00 bits per heavy atom. The highest BCUT2D eigenvalue weighted by atomic mass is 16.3. The van der Waals surface area contributed by atoms with Crippen LogP contribution in [0.5, 0.6) is 5.75 Å². The Labute approximate surface area is 121 Å². The minimum atomic E-state index is -0.196. The number of aromatic hydroxyl groups is 1. The lowest BCUT2D eigenvalue weighted by Gasteiger charge is -2.29. The van der Waals surface area contributed by atoms with Gasteiger partial charge in [-0.25, -0.2) is 0 Å². The molecule has 20 heavy (non-hydrogen) atoms. The largest absolute Gasteiger partial charge is 0.508 e. The molecule has 0 unspecified atom stereocenters. The second kappa shape index (κ2) is 5.86. The van der Waals surface area contributed by atoms with Crippen molar-refractivity contribution in [3.63, 3.8) is 0 Å². The van der Waals surface area contributed by atoms with E-state index < -0.39 is 0 Å². The van der Waals surface area contributed by atoms with Crippen LogP contribution >= 0.6 is 0 Å². The number of phenolic OH excluding ortho intramolecular Hbond substituents is 1. The third-order valence-corrected chi connectivity index (χ3v) is 4.30. The van der Waals surface area contributed by atoms with E-state index in [4.69, 9.17) is 0 Å². The van der Waals surface area contributed by atoms with Crippen LogP contribution in [0.3, 0.4) is 0 Å². The molecule has 1 aliphatic carbocycles. The number of amides is 1. The zero-order chi connectivity index (χ0) is 14.8. The molecule has 0 saturated heterocycles. The molecule has 0 heterocycles. The Kier molecular flexibility index (Phi) is 4.36. The van der Waals surface area contributed by atoms with Crippen LogP contribution in [0, 0.1) is 18.3 Å². The molecule has 2 N–H and O–H groups in total. The summed E-state index contributed by atoms with van der Waals surface area (Å²) in [6.45, 7) is 6.26. The minimum Gasteiger partial charge on any atom is -0.508 e. The molecule has 0 aromatic heterocycles. The third-order valence-electron chi connectivity index (χ3n) is 4.30. The van der Waals surface area contributed by atoms with Crippen molar-refractivity contribution < 1.29 is 9.90 Å². The van der Waals surface area contributed by atoms with Gasteiger partial charge in [-0.3, -0.25) is 4.79 Å². The van der Waals surface area contributed by atoms with E-state index in [0.717, 1.165) is 43.4 Å². The second-order valence-electron chi connectivity index (χ2n) is 6.54. The number of hydrogen-bond donors (Lipinski definition) is 2. The quantitative estimate of drug-likeness (QED) is 0.807. The normalized spacial score (nSPS) is 17.4. The highest BCUT2D eigenvalue weighted by Gasteiger charge is 2.41. The fraction of sp³-hybridized carbons (Fsp3) is 0.588. The van der Waals surface area contributed by atoms with Crippen LogP contribution < -0.4 is 5.32 Å². The summed E-state index contributed by atoms with van der Waals surface area (Å²) in [6.07, 6.45) is 5.24. The van der Waals surface area contributed by atoms with Gasteiger partial charge >= 0.3 is 0 Å². The first-order chi connectivity index (χ1) is 9.43. The number of anilines is 1. The second-order valence-corrected chi connectivity index (χ2v) is 6.54. The first kappa shape index (κ1) is 14.9. The Bertz CT molecular complexity index is 488. The average molecular weight is 275 g/mol. The van der Waals surface area contributed by atoms with Crippen molar-refractivity contribution in [2.24, 2.45) is 11.3 Å². The number of phenols is 1. The third kappa shape index (κ3) is 3.14. The number of rotatable bonds is 4. The lowest BCUT2D eigenvalue weighted by atomic mass is 9.77. The van der Waals surface area contributed by atoms with E-state index in [1.807, 2.05) is 6.92 Å². The number of aryl methyl sites for hydroxylation is 1. The maximum absolute atomic E-state index is 12.7. The smallest absolute Gasteiger partial charge is 0.230 e. The Hall–Kier alpha value is -1.51. The van der Waals surface area contributed by atoms with Crippen LogP contribution in [0.25, 0.3) is 0 Å². The molecule has 0 atom stereocenters. The molecule has 1 saturated carbocycles. The molecule has 1 aromatic carbocycles. The molecule has 0 bridgehead atoms. The molecule has 3 nitrogen and oxygen atoms in total. The van der Waals surface area contributed by atoms with Gasteiger partial charge in [-0.2, -0.15) is 0 Å². The fourth-order valence-electron chi connectivity index (χ4n) is 3.40. The molecule has 0 radical (unpaired) electrons. The van der Waals surface area contributed by atoms with Crippen LogP contribution in [0.15, 0.2) is 18.2 Å². The van der Waals surface area contributed by atoms with Crippen LogP contribution in [0.2, 0.25) is 0 Å². The Morgan fingerprint density at radius 3 is 2.55 bits per heavy atom. The van der Waals surface area contributed by atoms with Gasteiger partial charge in [-0.1, -0.05) is 26.7 Å². The maximum atomic E-state index is 12.7. The highest BCUT2D eigenvalue weighted by Crippen LogP contribution is 2.44. The maximum Gasteiger partial charge on any atom is 0.230 e. The van der Waals surface area contributed by atoms with E-state index in [2.05, 4.69) is 19.2 Å². The molecule has 1 aliphatic rings. The van der Waals surface area contributed by atoms with Gasteiger partial charge in [-0.15, -0.1) is 0 Å². The molecule has 2 rings (SSSR count). The molecular weight excluding hydrogens is 250 g/mol. The van der Waals surface area contributed by atoms with Crippen molar-refractivity contribution in [3.8, 4) is 5.75 Å². The lowest BCUT2D eigenvalue weighted by Crippen LogP contribution is -2.35. The molecule has 0 aliphatic heterocycles. The minimum absolute atomic E-state index is 0.150. The van der Waals surface area contributed by atoms with E-state index in [1.54, 1.807) is 18.2 Å². The number of hydrogen-bond acceptors (Lipinski definition) is 2. The molecule has 1 amide bonds. The van der Waals surface area contributed by atoms with E-state index >= 15 is 0 Å². The topological polar surface area (TPSA) is 49.3 Å². The number of carbonyl (C=O) groups excluding carboxylic acids is 1. The van der Waals surface area contributed by atoms with E-state index in [0.29, 0.717) is 5.92 Å². The van der Waals surface area contributed by atoms with Crippen molar-refractivity contribution in [2.75, 3.05) is 5.32 Å². The number of benzene rings is 1. The summed E-state index contributed by atoms with van der Waals surface area (Å²) >= 11 is 0. The number of nitrogens with one attached hydrogen (secondary N) is 1. The molecule has 0 spiro atoms.